The number of rotatable bonds is 7. The molecule has 0 fully saturated rings. The summed E-state index contributed by atoms with van der Waals surface area (Å²) in [6, 6.07) is 10.00. The van der Waals surface area contributed by atoms with Crippen LogP contribution in [0, 0.1) is 0 Å². The number of fused-ring (bicyclic) bond motifs is 2. The first-order valence-corrected chi connectivity index (χ1v) is 10.4. The number of aryl methyl sites for hydroxylation is 1. The van der Waals surface area contributed by atoms with E-state index in [4.69, 9.17) is 18.9 Å². The van der Waals surface area contributed by atoms with Crippen molar-refractivity contribution in [3.63, 3.8) is 0 Å². The van der Waals surface area contributed by atoms with Crippen molar-refractivity contribution in [1.29, 1.82) is 0 Å². The van der Waals surface area contributed by atoms with Crippen molar-refractivity contribution in [3.8, 4) is 23.0 Å². The zero-order valence-corrected chi connectivity index (χ0v) is 20.7. The van der Waals surface area contributed by atoms with Crippen LogP contribution in [0.15, 0.2) is 30.3 Å². The van der Waals surface area contributed by atoms with Crippen molar-refractivity contribution in [3.05, 3.63) is 47.0 Å². The molecule has 7 heteroatoms. The number of ether oxygens (including phenoxy) is 4. The van der Waals surface area contributed by atoms with E-state index >= 15 is 0 Å². The quantitative estimate of drug-likeness (QED) is 0.384. The number of carbonyl (C=O) groups is 1. The largest absolute Gasteiger partial charge is 1.00 e. The molecule has 0 saturated heterocycles. The van der Waals surface area contributed by atoms with Crippen LogP contribution in [0.1, 0.15) is 35.6 Å². The van der Waals surface area contributed by atoms with Crippen molar-refractivity contribution >= 4 is 5.78 Å². The molecule has 31 heavy (non-hydrogen) atoms. The summed E-state index contributed by atoms with van der Waals surface area (Å²) in [5, 5.41) is 0. The Hall–Kier alpha value is -2.00. The number of likely N-dealkylation sites (N-methyl/N-ethyl adjacent to an activating group) is 1. The van der Waals surface area contributed by atoms with Crippen LogP contribution in [0.2, 0.25) is 0 Å². The third kappa shape index (κ3) is 4.77. The van der Waals surface area contributed by atoms with Crippen LogP contribution in [0.5, 0.6) is 23.0 Å². The highest BCUT2D eigenvalue weighted by molar-refractivity contribution is 5.80. The summed E-state index contributed by atoms with van der Waals surface area (Å²) in [5.74, 6) is 3.19. The standard InChI is InChI=1S/C24H30NO5.HI/c1-25(2)11-10-17-13-21-23(30-15-29-21)24(28-4)22(17)20(25)14-18(26)9-8-16-6-5-7-19(12-16)27-3;/h5-7,12-13,20H,8-11,14-15H2,1-4H3;1H/q+1;/p-1. The van der Waals surface area contributed by atoms with Gasteiger partial charge in [-0.1, -0.05) is 12.1 Å². The minimum atomic E-state index is 0. The molecule has 1 atom stereocenters. The number of halogens is 1. The lowest BCUT2D eigenvalue weighted by Gasteiger charge is -2.43. The van der Waals surface area contributed by atoms with Crippen molar-refractivity contribution in [2.45, 2.75) is 31.7 Å². The molecule has 2 heterocycles. The van der Waals surface area contributed by atoms with Gasteiger partial charge < -0.3 is 47.4 Å². The molecule has 2 aromatic rings. The molecule has 0 amide bonds. The van der Waals surface area contributed by atoms with E-state index in [1.54, 1.807) is 14.2 Å². The Kier molecular flexibility index (Phi) is 7.36. The van der Waals surface area contributed by atoms with Crippen LogP contribution in [0.25, 0.3) is 0 Å². The molecule has 0 spiro atoms. The minimum Gasteiger partial charge on any atom is -1.00 e. The number of quaternary nitrogens is 1. The van der Waals surface area contributed by atoms with Crippen LogP contribution in [-0.2, 0) is 17.6 Å². The predicted octanol–water partition coefficient (Wildman–Crippen LogP) is 0.702. The van der Waals surface area contributed by atoms with Gasteiger partial charge in [0.2, 0.25) is 12.5 Å². The maximum atomic E-state index is 13.0. The first-order chi connectivity index (χ1) is 14.4. The lowest BCUT2D eigenvalue weighted by atomic mass is 9.86. The molecule has 0 saturated carbocycles. The third-order valence-corrected chi connectivity index (χ3v) is 6.33. The van der Waals surface area contributed by atoms with E-state index in [-0.39, 0.29) is 42.6 Å². The average molecular weight is 539 g/mol. The summed E-state index contributed by atoms with van der Waals surface area (Å²) in [7, 11) is 7.69. The molecular weight excluding hydrogens is 509 g/mol. The Bertz CT molecular complexity index is 959. The van der Waals surface area contributed by atoms with E-state index < -0.39 is 0 Å². The Morgan fingerprint density at radius 3 is 2.71 bits per heavy atom. The fourth-order valence-electron chi connectivity index (χ4n) is 4.54. The minimum absolute atomic E-state index is 0. The highest BCUT2D eigenvalue weighted by atomic mass is 127. The van der Waals surface area contributed by atoms with Gasteiger partial charge in [0, 0.05) is 12.8 Å². The Morgan fingerprint density at radius 2 is 1.97 bits per heavy atom. The van der Waals surface area contributed by atoms with Gasteiger partial charge in [-0.15, -0.1) is 0 Å². The van der Waals surface area contributed by atoms with Crippen molar-refractivity contribution in [2.75, 3.05) is 41.7 Å². The van der Waals surface area contributed by atoms with Crippen LogP contribution >= 0.6 is 0 Å². The Balaban J connectivity index is 0.00000272. The van der Waals surface area contributed by atoms with Crippen LogP contribution in [0.4, 0.5) is 0 Å². The maximum Gasteiger partial charge on any atom is 0.231 e. The predicted molar refractivity (Wildman–Crippen MR) is 113 cm³/mol. The van der Waals surface area contributed by atoms with E-state index in [2.05, 4.69) is 20.2 Å². The summed E-state index contributed by atoms with van der Waals surface area (Å²) in [6.45, 7) is 1.17. The first-order valence-electron chi connectivity index (χ1n) is 10.4. The maximum absolute atomic E-state index is 13.0. The summed E-state index contributed by atoms with van der Waals surface area (Å²) in [4.78, 5) is 13.0. The van der Waals surface area contributed by atoms with Gasteiger partial charge in [0.25, 0.3) is 0 Å². The molecule has 0 bridgehead atoms. The number of ketones is 1. The average Bonchev–Trinajstić information content (AvgIpc) is 3.21. The molecule has 1 unspecified atom stereocenters. The molecule has 2 aliphatic heterocycles. The second kappa shape index (κ2) is 9.65. The molecule has 0 aliphatic carbocycles. The molecule has 4 rings (SSSR count). The third-order valence-electron chi connectivity index (χ3n) is 6.33. The zero-order valence-electron chi connectivity index (χ0n) is 18.6. The summed E-state index contributed by atoms with van der Waals surface area (Å²) in [6.07, 6.45) is 2.61. The van der Waals surface area contributed by atoms with E-state index in [9.17, 15) is 4.79 Å². The summed E-state index contributed by atoms with van der Waals surface area (Å²) >= 11 is 0. The summed E-state index contributed by atoms with van der Waals surface area (Å²) in [5.41, 5.74) is 3.40. The van der Waals surface area contributed by atoms with Gasteiger partial charge in [0.1, 0.15) is 17.6 Å². The van der Waals surface area contributed by atoms with Gasteiger partial charge >= 0.3 is 0 Å². The van der Waals surface area contributed by atoms with Gasteiger partial charge in [-0.25, -0.2) is 0 Å². The van der Waals surface area contributed by atoms with Crippen molar-refractivity contribution in [1.82, 2.24) is 0 Å². The van der Waals surface area contributed by atoms with Gasteiger partial charge in [-0.2, -0.15) is 0 Å². The second-order valence-corrected chi connectivity index (χ2v) is 8.58. The normalized spacial score (nSPS) is 18.0. The number of hydrogen-bond acceptors (Lipinski definition) is 5. The summed E-state index contributed by atoms with van der Waals surface area (Å²) < 4.78 is 23.1. The molecule has 168 valence electrons. The van der Waals surface area contributed by atoms with Gasteiger partial charge in [0.05, 0.1) is 46.8 Å². The fourth-order valence-corrected chi connectivity index (χ4v) is 4.54. The molecule has 0 radical (unpaired) electrons. The smallest absolute Gasteiger partial charge is 0.231 e. The Morgan fingerprint density at radius 1 is 1.16 bits per heavy atom. The number of methoxy groups -OCH3 is 2. The first kappa shape index (κ1) is 23.7. The SMILES string of the molecule is COc1cccc(CCC(=O)CC2c3c(cc4c(c3OC)OCO4)CC[N+]2(C)C)c1.[I-]. The monoisotopic (exact) mass is 539 g/mol. The number of carbonyl (C=O) groups excluding carboxylic acids is 1. The van der Waals surface area contributed by atoms with Gasteiger partial charge in [-0.05, 0) is 35.7 Å². The zero-order chi connectivity index (χ0) is 21.3. The van der Waals surface area contributed by atoms with Crippen LogP contribution < -0.4 is 42.9 Å². The molecular formula is C24H30INO5. The van der Waals surface area contributed by atoms with Crippen LogP contribution in [-0.4, -0.2) is 51.9 Å². The number of nitrogens with zero attached hydrogens (tertiary/aromatic N) is 1. The molecule has 6 nitrogen and oxygen atoms in total. The highest BCUT2D eigenvalue weighted by Gasteiger charge is 2.42. The second-order valence-electron chi connectivity index (χ2n) is 8.58. The van der Waals surface area contributed by atoms with Crippen molar-refractivity contribution in [2.24, 2.45) is 0 Å². The lowest BCUT2D eigenvalue weighted by Crippen LogP contribution is -3.00. The number of benzene rings is 2. The van der Waals surface area contributed by atoms with E-state index in [1.165, 1.54) is 5.56 Å². The molecule has 2 aliphatic rings. The molecule has 2 aromatic carbocycles. The lowest BCUT2D eigenvalue weighted by molar-refractivity contribution is -0.922. The van der Waals surface area contributed by atoms with Gasteiger partial charge in [-0.3, -0.25) is 4.79 Å². The highest BCUT2D eigenvalue weighted by Crippen LogP contribution is 2.51. The van der Waals surface area contributed by atoms with Crippen LogP contribution in [0.3, 0.4) is 0 Å². The fraction of sp³-hybridized carbons (Fsp3) is 0.458. The van der Waals surface area contributed by atoms with E-state index in [0.29, 0.717) is 25.0 Å². The van der Waals surface area contributed by atoms with Crippen molar-refractivity contribution < 1.29 is 52.2 Å². The number of hydrogen-bond donors (Lipinski definition) is 0. The van der Waals surface area contributed by atoms with Gasteiger partial charge in [0.15, 0.2) is 11.5 Å². The number of Topliss-reactive ketones (excluding diaryl/α,β-unsaturated/α-hetero) is 1. The molecule has 0 aromatic heterocycles. The van der Waals surface area contributed by atoms with E-state index in [1.807, 2.05) is 24.3 Å². The topological polar surface area (TPSA) is 54.0 Å². The van der Waals surface area contributed by atoms with E-state index in [0.717, 1.165) is 45.8 Å². The molecule has 0 N–H and O–H groups in total. The Labute approximate surface area is 201 Å².